The first-order valence-corrected chi connectivity index (χ1v) is 7.21. The summed E-state index contributed by atoms with van der Waals surface area (Å²) in [4.78, 5) is 14.2. The van der Waals surface area contributed by atoms with Crippen LogP contribution < -0.4 is 0 Å². The van der Waals surface area contributed by atoms with E-state index in [4.69, 9.17) is 0 Å². The molecular weight excluding hydrogens is 271 g/mol. The SMILES string of the molecule is O=C(c1cn(-c2cccc(F)c2)nn1)N1CCCCCC1. The van der Waals surface area contributed by atoms with Gasteiger partial charge in [0.1, 0.15) is 5.82 Å². The molecule has 1 aromatic carbocycles. The van der Waals surface area contributed by atoms with Crippen molar-refractivity contribution in [2.24, 2.45) is 0 Å². The number of nitrogens with zero attached hydrogens (tertiary/aromatic N) is 4. The Kier molecular flexibility index (Phi) is 3.94. The minimum absolute atomic E-state index is 0.0976. The molecular formula is C15H17FN4O. The van der Waals surface area contributed by atoms with Gasteiger partial charge in [0, 0.05) is 13.1 Å². The highest BCUT2D eigenvalue weighted by molar-refractivity contribution is 5.92. The number of benzene rings is 1. The lowest BCUT2D eigenvalue weighted by molar-refractivity contribution is 0.0755. The Bertz CT molecular complexity index is 632. The van der Waals surface area contributed by atoms with Gasteiger partial charge in [-0.1, -0.05) is 24.1 Å². The zero-order valence-corrected chi connectivity index (χ0v) is 11.7. The first-order chi connectivity index (χ1) is 10.2. The molecule has 1 aliphatic heterocycles. The lowest BCUT2D eigenvalue weighted by Crippen LogP contribution is -2.32. The topological polar surface area (TPSA) is 51.0 Å². The molecule has 0 radical (unpaired) electrons. The molecule has 1 saturated heterocycles. The molecule has 0 spiro atoms. The van der Waals surface area contributed by atoms with Gasteiger partial charge in [-0.2, -0.15) is 0 Å². The van der Waals surface area contributed by atoms with E-state index in [0.29, 0.717) is 11.4 Å². The maximum Gasteiger partial charge on any atom is 0.276 e. The predicted molar refractivity (Wildman–Crippen MR) is 75.7 cm³/mol. The Balaban J connectivity index is 1.79. The highest BCUT2D eigenvalue weighted by Gasteiger charge is 2.20. The Morgan fingerprint density at radius 2 is 1.90 bits per heavy atom. The molecule has 0 atom stereocenters. The van der Waals surface area contributed by atoms with E-state index in [2.05, 4.69) is 10.3 Å². The molecule has 1 fully saturated rings. The molecule has 0 bridgehead atoms. The van der Waals surface area contributed by atoms with Gasteiger partial charge in [0.2, 0.25) is 0 Å². The van der Waals surface area contributed by atoms with Gasteiger partial charge in [-0.15, -0.1) is 5.10 Å². The smallest absolute Gasteiger partial charge is 0.276 e. The summed E-state index contributed by atoms with van der Waals surface area (Å²) < 4.78 is 14.6. The van der Waals surface area contributed by atoms with Crippen molar-refractivity contribution in [3.05, 3.63) is 42.0 Å². The second-order valence-corrected chi connectivity index (χ2v) is 5.23. The summed E-state index contributed by atoms with van der Waals surface area (Å²) >= 11 is 0. The fourth-order valence-electron chi connectivity index (χ4n) is 2.54. The Morgan fingerprint density at radius 1 is 1.14 bits per heavy atom. The molecule has 110 valence electrons. The molecule has 21 heavy (non-hydrogen) atoms. The monoisotopic (exact) mass is 288 g/mol. The van der Waals surface area contributed by atoms with Gasteiger partial charge in [0.05, 0.1) is 11.9 Å². The Hall–Kier alpha value is -2.24. The van der Waals surface area contributed by atoms with Crippen molar-refractivity contribution in [3.63, 3.8) is 0 Å². The predicted octanol–water partition coefficient (Wildman–Crippen LogP) is 2.42. The number of amides is 1. The van der Waals surface area contributed by atoms with Crippen LogP contribution in [0.5, 0.6) is 0 Å². The van der Waals surface area contributed by atoms with Crippen molar-refractivity contribution in [2.45, 2.75) is 25.7 Å². The Morgan fingerprint density at radius 3 is 2.62 bits per heavy atom. The van der Waals surface area contributed by atoms with Crippen LogP contribution in [-0.2, 0) is 0 Å². The number of hydrogen-bond donors (Lipinski definition) is 0. The molecule has 0 unspecified atom stereocenters. The molecule has 0 aliphatic carbocycles. The number of halogens is 1. The van der Waals surface area contributed by atoms with Gasteiger partial charge in [-0.3, -0.25) is 4.79 Å². The van der Waals surface area contributed by atoms with Crippen molar-refractivity contribution in [1.82, 2.24) is 19.9 Å². The van der Waals surface area contributed by atoms with Crippen molar-refractivity contribution in [3.8, 4) is 5.69 Å². The molecule has 5 nitrogen and oxygen atoms in total. The minimum atomic E-state index is -0.344. The second kappa shape index (κ2) is 6.03. The van der Waals surface area contributed by atoms with Crippen molar-refractivity contribution in [2.75, 3.05) is 13.1 Å². The Labute approximate surface area is 122 Å². The number of rotatable bonds is 2. The lowest BCUT2D eigenvalue weighted by Gasteiger charge is -2.18. The minimum Gasteiger partial charge on any atom is -0.337 e. The molecule has 1 aromatic heterocycles. The van der Waals surface area contributed by atoms with Crippen LogP contribution in [-0.4, -0.2) is 38.9 Å². The van der Waals surface area contributed by atoms with Crippen LogP contribution >= 0.6 is 0 Å². The van der Waals surface area contributed by atoms with Crippen molar-refractivity contribution >= 4 is 5.91 Å². The van der Waals surface area contributed by atoms with Crippen LogP contribution in [0.3, 0.4) is 0 Å². The number of hydrogen-bond acceptors (Lipinski definition) is 3. The van der Waals surface area contributed by atoms with E-state index in [1.807, 2.05) is 4.90 Å². The lowest BCUT2D eigenvalue weighted by atomic mass is 10.2. The number of carbonyl (C=O) groups excluding carboxylic acids is 1. The third-order valence-corrected chi connectivity index (χ3v) is 3.68. The zero-order chi connectivity index (χ0) is 14.7. The highest BCUT2D eigenvalue weighted by Crippen LogP contribution is 2.13. The van der Waals surface area contributed by atoms with Gasteiger partial charge in [-0.25, -0.2) is 9.07 Å². The molecule has 1 aliphatic rings. The van der Waals surface area contributed by atoms with E-state index in [1.165, 1.54) is 29.7 Å². The third-order valence-electron chi connectivity index (χ3n) is 3.68. The van der Waals surface area contributed by atoms with Crippen LogP contribution in [0.2, 0.25) is 0 Å². The first kappa shape index (κ1) is 13.7. The number of aromatic nitrogens is 3. The molecule has 1 amide bonds. The second-order valence-electron chi connectivity index (χ2n) is 5.23. The van der Waals surface area contributed by atoms with E-state index >= 15 is 0 Å². The first-order valence-electron chi connectivity index (χ1n) is 7.21. The van der Waals surface area contributed by atoms with E-state index in [1.54, 1.807) is 18.3 Å². The maximum absolute atomic E-state index is 13.2. The van der Waals surface area contributed by atoms with Crippen LogP contribution in [0.4, 0.5) is 4.39 Å². The molecule has 0 saturated carbocycles. The summed E-state index contributed by atoms with van der Waals surface area (Å²) in [5, 5.41) is 7.85. The summed E-state index contributed by atoms with van der Waals surface area (Å²) in [5.74, 6) is -0.442. The van der Waals surface area contributed by atoms with Gasteiger partial charge >= 0.3 is 0 Å². The average Bonchev–Trinajstić information content (AvgIpc) is 2.82. The van der Waals surface area contributed by atoms with Crippen molar-refractivity contribution in [1.29, 1.82) is 0 Å². The maximum atomic E-state index is 13.2. The molecule has 3 rings (SSSR count). The van der Waals surface area contributed by atoms with Crippen LogP contribution in [0.15, 0.2) is 30.5 Å². The van der Waals surface area contributed by atoms with E-state index < -0.39 is 0 Å². The van der Waals surface area contributed by atoms with E-state index in [-0.39, 0.29) is 11.7 Å². The summed E-state index contributed by atoms with van der Waals surface area (Å²) in [6.07, 6.45) is 5.95. The number of carbonyl (C=O) groups is 1. The quantitative estimate of drug-likeness (QED) is 0.852. The molecule has 0 N–H and O–H groups in total. The molecule has 6 heteroatoms. The highest BCUT2D eigenvalue weighted by atomic mass is 19.1. The summed E-state index contributed by atoms with van der Waals surface area (Å²) in [6.45, 7) is 1.54. The van der Waals surface area contributed by atoms with Crippen LogP contribution in [0, 0.1) is 5.82 Å². The van der Waals surface area contributed by atoms with Gasteiger partial charge in [0.25, 0.3) is 5.91 Å². The normalized spacial score (nSPS) is 15.8. The zero-order valence-electron chi connectivity index (χ0n) is 11.7. The van der Waals surface area contributed by atoms with Crippen LogP contribution in [0.1, 0.15) is 36.2 Å². The summed E-state index contributed by atoms with van der Waals surface area (Å²) in [6, 6.07) is 6.04. The molecule has 2 heterocycles. The summed E-state index contributed by atoms with van der Waals surface area (Å²) in [7, 11) is 0. The van der Waals surface area contributed by atoms with Gasteiger partial charge < -0.3 is 4.90 Å². The van der Waals surface area contributed by atoms with Crippen molar-refractivity contribution < 1.29 is 9.18 Å². The summed E-state index contributed by atoms with van der Waals surface area (Å²) in [5.41, 5.74) is 0.860. The average molecular weight is 288 g/mol. The third kappa shape index (κ3) is 3.09. The van der Waals surface area contributed by atoms with Gasteiger partial charge in [-0.05, 0) is 31.0 Å². The fraction of sp³-hybridized carbons (Fsp3) is 0.400. The largest absolute Gasteiger partial charge is 0.337 e. The fourth-order valence-corrected chi connectivity index (χ4v) is 2.54. The van der Waals surface area contributed by atoms with Crippen LogP contribution in [0.25, 0.3) is 5.69 Å². The number of likely N-dealkylation sites (tertiary alicyclic amines) is 1. The van der Waals surface area contributed by atoms with E-state index in [0.717, 1.165) is 25.9 Å². The molecule has 2 aromatic rings. The van der Waals surface area contributed by atoms with E-state index in [9.17, 15) is 9.18 Å². The standard InChI is InChI=1S/C15H17FN4O/c16-12-6-5-7-13(10-12)20-11-14(17-18-20)15(21)19-8-3-1-2-4-9-19/h5-7,10-11H,1-4,8-9H2. The van der Waals surface area contributed by atoms with Gasteiger partial charge in [0.15, 0.2) is 5.69 Å².